The van der Waals surface area contributed by atoms with Gasteiger partial charge in [-0.15, -0.1) is 0 Å². The molecule has 0 bridgehead atoms. The molecule has 4 nitrogen and oxygen atoms in total. The van der Waals surface area contributed by atoms with Crippen molar-refractivity contribution < 1.29 is 9.90 Å². The normalized spacial score (nSPS) is 12.2. The van der Waals surface area contributed by atoms with Gasteiger partial charge in [0, 0.05) is 17.5 Å². The highest BCUT2D eigenvalue weighted by molar-refractivity contribution is 7.99. The van der Waals surface area contributed by atoms with Crippen LogP contribution in [0.2, 0.25) is 0 Å². The molecule has 0 saturated carbocycles. The molecule has 1 unspecified atom stereocenters. The van der Waals surface area contributed by atoms with Crippen molar-refractivity contribution in [3.63, 3.8) is 0 Å². The molecule has 1 aromatic rings. The maximum atomic E-state index is 11.0. The van der Waals surface area contributed by atoms with Crippen LogP contribution < -0.4 is 5.32 Å². The zero-order valence-electron chi connectivity index (χ0n) is 11.1. The van der Waals surface area contributed by atoms with E-state index >= 15 is 0 Å². The Hall–Kier alpha value is -1.23. The summed E-state index contributed by atoms with van der Waals surface area (Å²) >= 11 is 1.76. The summed E-state index contributed by atoms with van der Waals surface area (Å²) in [5.74, 6) is -0.255. The second-order valence-electron chi connectivity index (χ2n) is 4.21. The van der Waals surface area contributed by atoms with Crippen molar-refractivity contribution in [2.75, 3.05) is 18.1 Å². The molecule has 0 fully saturated rings. The number of thioether (sulfide) groups is 1. The van der Waals surface area contributed by atoms with E-state index in [0.717, 1.165) is 25.1 Å². The molecule has 1 rings (SSSR count). The molecule has 2 N–H and O–H groups in total. The Morgan fingerprint density at radius 3 is 2.83 bits per heavy atom. The van der Waals surface area contributed by atoms with Crippen molar-refractivity contribution in [1.29, 1.82) is 0 Å². The second kappa shape index (κ2) is 7.26. The number of anilines is 1. The minimum Gasteiger partial charge on any atom is -0.478 e. The molecule has 18 heavy (non-hydrogen) atoms. The molecule has 0 aromatic carbocycles. The Morgan fingerprint density at radius 2 is 2.28 bits per heavy atom. The van der Waals surface area contributed by atoms with E-state index in [1.165, 1.54) is 0 Å². The molecular formula is C13H20N2O2S. The maximum absolute atomic E-state index is 11.0. The number of nitrogens with one attached hydrogen (secondary N) is 1. The molecule has 0 spiro atoms. The number of rotatable bonds is 7. The molecule has 5 heteroatoms. The molecule has 0 aliphatic rings. The molecule has 0 aliphatic heterocycles. The van der Waals surface area contributed by atoms with E-state index in [-0.39, 0.29) is 0 Å². The van der Waals surface area contributed by atoms with Gasteiger partial charge >= 0.3 is 5.97 Å². The number of hydrogen-bond acceptors (Lipinski definition) is 4. The molecule has 0 saturated heterocycles. The molecule has 1 aromatic heterocycles. The third kappa shape index (κ3) is 4.56. The molecular weight excluding hydrogens is 248 g/mol. The summed E-state index contributed by atoms with van der Waals surface area (Å²) in [7, 11) is 0. The highest BCUT2D eigenvalue weighted by atomic mass is 32.2. The number of aromatic nitrogens is 1. The lowest BCUT2D eigenvalue weighted by Gasteiger charge is -2.12. The molecule has 0 radical (unpaired) electrons. The predicted octanol–water partition coefficient (Wildman–Crippen LogP) is 2.90. The summed E-state index contributed by atoms with van der Waals surface area (Å²) < 4.78 is 0. The minimum atomic E-state index is -0.907. The Balaban J connectivity index is 2.85. The smallest absolute Gasteiger partial charge is 0.335 e. The average molecular weight is 268 g/mol. The van der Waals surface area contributed by atoms with Crippen molar-refractivity contribution in [2.24, 2.45) is 0 Å². The molecule has 0 aliphatic carbocycles. The van der Waals surface area contributed by atoms with Crippen LogP contribution in [0.25, 0.3) is 0 Å². The SMILES string of the molecule is CCCc1cc(C(=O)O)cc(NCC(C)SC)n1. The second-order valence-corrected chi connectivity index (χ2v) is 5.49. The highest BCUT2D eigenvalue weighted by Gasteiger charge is 2.08. The van der Waals surface area contributed by atoms with Gasteiger partial charge in [-0.1, -0.05) is 20.3 Å². The Bertz CT molecular complexity index is 410. The van der Waals surface area contributed by atoms with Crippen molar-refractivity contribution in [3.8, 4) is 0 Å². The number of pyridine rings is 1. The van der Waals surface area contributed by atoms with Crippen molar-refractivity contribution >= 4 is 23.5 Å². The molecule has 0 amide bonds. The lowest BCUT2D eigenvalue weighted by atomic mass is 10.1. The summed E-state index contributed by atoms with van der Waals surface area (Å²) in [6.45, 7) is 4.95. The quantitative estimate of drug-likeness (QED) is 0.796. The Labute approximate surface area is 112 Å². The van der Waals surface area contributed by atoms with Gasteiger partial charge in [-0.25, -0.2) is 9.78 Å². The van der Waals surface area contributed by atoms with Crippen LogP contribution in [0.4, 0.5) is 5.82 Å². The fourth-order valence-corrected chi connectivity index (χ4v) is 1.77. The van der Waals surface area contributed by atoms with E-state index in [9.17, 15) is 4.79 Å². The number of carboxylic acids is 1. The van der Waals surface area contributed by atoms with Gasteiger partial charge in [0.25, 0.3) is 0 Å². The minimum absolute atomic E-state index is 0.299. The monoisotopic (exact) mass is 268 g/mol. The van der Waals surface area contributed by atoms with E-state index in [1.807, 2.05) is 0 Å². The number of nitrogens with zero attached hydrogens (tertiary/aromatic N) is 1. The lowest BCUT2D eigenvalue weighted by Crippen LogP contribution is -2.14. The first kappa shape index (κ1) is 14.8. The largest absolute Gasteiger partial charge is 0.478 e. The van der Waals surface area contributed by atoms with Crippen LogP contribution >= 0.6 is 11.8 Å². The van der Waals surface area contributed by atoms with Crippen LogP contribution in [0.3, 0.4) is 0 Å². The first-order chi connectivity index (χ1) is 8.56. The zero-order valence-corrected chi connectivity index (χ0v) is 11.9. The summed E-state index contributed by atoms with van der Waals surface area (Å²) in [5.41, 5.74) is 1.13. The maximum Gasteiger partial charge on any atom is 0.335 e. The number of aromatic carboxylic acids is 1. The van der Waals surface area contributed by atoms with Gasteiger partial charge in [0.05, 0.1) is 5.56 Å². The molecule has 1 heterocycles. The number of hydrogen-bond donors (Lipinski definition) is 2. The van der Waals surface area contributed by atoms with Crippen LogP contribution in [-0.4, -0.2) is 34.1 Å². The third-order valence-corrected chi connectivity index (χ3v) is 3.58. The van der Waals surface area contributed by atoms with Gasteiger partial charge in [0.1, 0.15) is 5.82 Å². The van der Waals surface area contributed by atoms with E-state index in [0.29, 0.717) is 16.6 Å². The van der Waals surface area contributed by atoms with E-state index in [4.69, 9.17) is 5.11 Å². The van der Waals surface area contributed by atoms with E-state index in [1.54, 1.807) is 23.9 Å². The number of carboxylic acid groups (broad SMARTS) is 1. The topological polar surface area (TPSA) is 62.2 Å². The van der Waals surface area contributed by atoms with Gasteiger partial charge in [0.2, 0.25) is 0 Å². The van der Waals surface area contributed by atoms with Crippen molar-refractivity contribution in [3.05, 3.63) is 23.4 Å². The highest BCUT2D eigenvalue weighted by Crippen LogP contribution is 2.14. The summed E-state index contributed by atoms with van der Waals surface area (Å²) in [6.07, 6.45) is 3.81. The first-order valence-corrected chi connectivity index (χ1v) is 7.36. The zero-order chi connectivity index (χ0) is 13.5. The third-order valence-electron chi connectivity index (χ3n) is 2.60. The van der Waals surface area contributed by atoms with Crippen LogP contribution in [0.1, 0.15) is 36.3 Å². The van der Waals surface area contributed by atoms with Gasteiger partial charge in [-0.3, -0.25) is 0 Å². The van der Waals surface area contributed by atoms with Crippen LogP contribution in [-0.2, 0) is 6.42 Å². The van der Waals surface area contributed by atoms with Gasteiger partial charge < -0.3 is 10.4 Å². The number of carbonyl (C=O) groups is 1. The fraction of sp³-hybridized carbons (Fsp3) is 0.538. The molecule has 100 valence electrons. The van der Waals surface area contributed by atoms with E-state index in [2.05, 4.69) is 30.4 Å². The van der Waals surface area contributed by atoms with E-state index < -0.39 is 5.97 Å². The van der Waals surface area contributed by atoms with Crippen LogP contribution in [0.5, 0.6) is 0 Å². The van der Waals surface area contributed by atoms with Crippen molar-refractivity contribution in [2.45, 2.75) is 31.9 Å². The average Bonchev–Trinajstić information content (AvgIpc) is 2.36. The van der Waals surface area contributed by atoms with Crippen LogP contribution in [0.15, 0.2) is 12.1 Å². The number of aryl methyl sites for hydroxylation is 1. The fourth-order valence-electron chi connectivity index (χ4n) is 1.52. The van der Waals surface area contributed by atoms with Crippen molar-refractivity contribution in [1.82, 2.24) is 4.98 Å². The van der Waals surface area contributed by atoms with Gasteiger partial charge in [-0.2, -0.15) is 11.8 Å². The Morgan fingerprint density at radius 1 is 1.56 bits per heavy atom. The lowest BCUT2D eigenvalue weighted by molar-refractivity contribution is 0.0696. The van der Waals surface area contributed by atoms with Gasteiger partial charge in [-0.05, 0) is 24.8 Å². The van der Waals surface area contributed by atoms with Gasteiger partial charge in [0.15, 0.2) is 0 Å². The Kier molecular flexibility index (Phi) is 5.98. The first-order valence-electron chi connectivity index (χ1n) is 6.07. The standard InChI is InChI=1S/C13H20N2O2S/c1-4-5-11-6-10(13(16)17)7-12(15-11)14-8-9(2)18-3/h6-7,9H,4-5,8H2,1-3H3,(H,14,15)(H,16,17). The van der Waals surface area contributed by atoms with Crippen LogP contribution in [0, 0.1) is 0 Å². The predicted molar refractivity (Wildman–Crippen MR) is 76.7 cm³/mol. The summed E-state index contributed by atoms with van der Waals surface area (Å²) in [4.78, 5) is 15.5. The summed E-state index contributed by atoms with van der Waals surface area (Å²) in [6, 6.07) is 3.24. The molecule has 1 atom stereocenters. The summed E-state index contributed by atoms with van der Waals surface area (Å²) in [5, 5.41) is 12.7.